The van der Waals surface area contributed by atoms with E-state index in [2.05, 4.69) is 20.4 Å². The molecule has 2 aromatic heterocycles. The minimum atomic E-state index is -3.26. The molecule has 0 spiro atoms. The van der Waals surface area contributed by atoms with Crippen molar-refractivity contribution in [2.45, 2.75) is 18.7 Å². The number of sulfone groups is 1. The monoisotopic (exact) mass is 426 g/mol. The van der Waals surface area contributed by atoms with E-state index in [9.17, 15) is 13.2 Å². The van der Waals surface area contributed by atoms with E-state index in [1.54, 1.807) is 16.8 Å². The van der Waals surface area contributed by atoms with Crippen LogP contribution < -0.4 is 10.2 Å². The molecule has 0 unspecified atom stereocenters. The fourth-order valence-corrected chi connectivity index (χ4v) is 3.98. The van der Waals surface area contributed by atoms with Gasteiger partial charge in [-0.3, -0.25) is 4.79 Å². The number of carbonyl (C=O) groups is 1. The van der Waals surface area contributed by atoms with Crippen LogP contribution >= 0.6 is 0 Å². The Morgan fingerprint density at radius 1 is 1.07 bits per heavy atom. The molecule has 0 saturated carbocycles. The first kappa shape index (κ1) is 20.0. The summed E-state index contributed by atoms with van der Waals surface area (Å²) < 4.78 is 24.8. The normalized spacial score (nSPS) is 14.4. The fourth-order valence-electron chi connectivity index (χ4n) is 3.35. The SMILES string of the molecule is Cc1cc(C)n(-c2cc(N3CC(C(=O)Nc4ccc(S(C)(=O)=O)cc4)C3)ncn2)n1. The summed E-state index contributed by atoms with van der Waals surface area (Å²) in [6.07, 6.45) is 2.65. The first-order chi connectivity index (χ1) is 14.2. The van der Waals surface area contributed by atoms with Crippen molar-refractivity contribution >= 4 is 27.2 Å². The molecule has 1 aromatic carbocycles. The molecule has 3 heterocycles. The number of nitrogens with one attached hydrogen (secondary N) is 1. The molecular formula is C20H22N6O3S. The summed E-state index contributed by atoms with van der Waals surface area (Å²) in [5.41, 5.74) is 2.47. The number of benzene rings is 1. The number of amides is 1. The molecule has 1 amide bonds. The van der Waals surface area contributed by atoms with Crippen molar-refractivity contribution in [2.75, 3.05) is 29.6 Å². The molecule has 0 radical (unpaired) electrons. The zero-order valence-corrected chi connectivity index (χ0v) is 17.7. The van der Waals surface area contributed by atoms with E-state index in [0.717, 1.165) is 23.5 Å². The fraction of sp³-hybridized carbons (Fsp3) is 0.300. The van der Waals surface area contributed by atoms with E-state index in [-0.39, 0.29) is 16.7 Å². The van der Waals surface area contributed by atoms with Gasteiger partial charge in [-0.15, -0.1) is 0 Å². The third-order valence-corrected chi connectivity index (χ3v) is 6.12. The maximum atomic E-state index is 12.5. The van der Waals surface area contributed by atoms with Gasteiger partial charge in [-0.2, -0.15) is 5.10 Å². The molecule has 4 rings (SSSR count). The zero-order valence-electron chi connectivity index (χ0n) is 16.9. The number of hydrogen-bond acceptors (Lipinski definition) is 7. The second-order valence-corrected chi connectivity index (χ2v) is 9.48. The molecule has 156 valence electrons. The molecular weight excluding hydrogens is 404 g/mol. The Hall–Kier alpha value is -3.27. The summed E-state index contributed by atoms with van der Waals surface area (Å²) >= 11 is 0. The first-order valence-electron chi connectivity index (χ1n) is 9.42. The number of rotatable bonds is 5. The summed E-state index contributed by atoms with van der Waals surface area (Å²) in [7, 11) is -3.26. The molecule has 0 atom stereocenters. The van der Waals surface area contributed by atoms with E-state index in [1.807, 2.05) is 30.9 Å². The number of aryl methyl sites for hydroxylation is 2. The standard InChI is InChI=1S/C20H22N6O3S/c1-13-8-14(2)26(24-13)19-9-18(21-12-22-19)25-10-15(11-25)20(27)23-16-4-6-17(7-5-16)30(3,28)29/h4-9,12,15H,10-11H2,1-3H3,(H,23,27). The minimum absolute atomic E-state index is 0.105. The third kappa shape index (κ3) is 4.04. The summed E-state index contributed by atoms with van der Waals surface area (Å²) in [6.45, 7) is 4.98. The van der Waals surface area contributed by atoms with Gasteiger partial charge < -0.3 is 10.2 Å². The van der Waals surface area contributed by atoms with Gasteiger partial charge in [0, 0.05) is 36.8 Å². The summed E-state index contributed by atoms with van der Waals surface area (Å²) in [4.78, 5) is 23.3. The Morgan fingerprint density at radius 2 is 1.73 bits per heavy atom. The highest BCUT2D eigenvalue weighted by molar-refractivity contribution is 7.90. The van der Waals surface area contributed by atoms with Crippen molar-refractivity contribution in [2.24, 2.45) is 5.92 Å². The van der Waals surface area contributed by atoms with Gasteiger partial charge in [0.2, 0.25) is 5.91 Å². The third-order valence-electron chi connectivity index (χ3n) is 4.99. The van der Waals surface area contributed by atoms with Crippen LogP contribution in [0.3, 0.4) is 0 Å². The van der Waals surface area contributed by atoms with Crippen molar-refractivity contribution in [1.29, 1.82) is 0 Å². The van der Waals surface area contributed by atoms with Gasteiger partial charge in [-0.25, -0.2) is 23.1 Å². The number of anilines is 2. The second-order valence-electron chi connectivity index (χ2n) is 7.46. The van der Waals surface area contributed by atoms with Gasteiger partial charge in [-0.1, -0.05) is 0 Å². The first-order valence-corrected chi connectivity index (χ1v) is 11.3. The van der Waals surface area contributed by atoms with Crippen LogP contribution in [0.15, 0.2) is 47.6 Å². The van der Waals surface area contributed by atoms with Gasteiger partial charge >= 0.3 is 0 Å². The van der Waals surface area contributed by atoms with Crippen molar-refractivity contribution < 1.29 is 13.2 Å². The highest BCUT2D eigenvalue weighted by atomic mass is 32.2. The number of carbonyl (C=O) groups excluding carboxylic acids is 1. The van der Waals surface area contributed by atoms with E-state index in [1.165, 1.54) is 18.5 Å². The second kappa shape index (κ2) is 7.52. The highest BCUT2D eigenvalue weighted by Gasteiger charge is 2.33. The number of nitrogens with zero attached hydrogens (tertiary/aromatic N) is 5. The van der Waals surface area contributed by atoms with Crippen LogP contribution in [0.25, 0.3) is 5.82 Å². The average molecular weight is 427 g/mol. The van der Waals surface area contributed by atoms with E-state index in [4.69, 9.17) is 0 Å². The Morgan fingerprint density at radius 3 is 2.33 bits per heavy atom. The lowest BCUT2D eigenvalue weighted by Crippen LogP contribution is -2.52. The number of aromatic nitrogens is 4. The van der Waals surface area contributed by atoms with Gasteiger partial charge in [0.1, 0.15) is 12.1 Å². The van der Waals surface area contributed by atoms with Crippen LogP contribution in [0, 0.1) is 19.8 Å². The quantitative estimate of drug-likeness (QED) is 0.662. The van der Waals surface area contributed by atoms with E-state index in [0.29, 0.717) is 24.6 Å². The number of hydrogen-bond donors (Lipinski definition) is 1. The minimum Gasteiger partial charge on any atom is -0.355 e. The van der Waals surface area contributed by atoms with Crippen LogP contribution in [0.2, 0.25) is 0 Å². The molecule has 0 aliphatic carbocycles. The van der Waals surface area contributed by atoms with Gasteiger partial charge in [0.25, 0.3) is 0 Å². The molecule has 3 aromatic rings. The Bertz CT molecular complexity index is 1200. The molecule has 10 heteroatoms. The molecule has 9 nitrogen and oxygen atoms in total. The van der Waals surface area contributed by atoms with Crippen molar-refractivity contribution in [1.82, 2.24) is 19.7 Å². The summed E-state index contributed by atoms with van der Waals surface area (Å²) in [5, 5.41) is 7.28. The maximum absolute atomic E-state index is 12.5. The molecule has 1 N–H and O–H groups in total. The molecule has 1 aliphatic rings. The van der Waals surface area contributed by atoms with Crippen LogP contribution in [-0.4, -0.2) is 53.4 Å². The lowest BCUT2D eigenvalue weighted by molar-refractivity contribution is -0.120. The smallest absolute Gasteiger partial charge is 0.231 e. The highest BCUT2D eigenvalue weighted by Crippen LogP contribution is 2.25. The van der Waals surface area contributed by atoms with Crippen LogP contribution in [0.4, 0.5) is 11.5 Å². The molecule has 0 bridgehead atoms. The summed E-state index contributed by atoms with van der Waals surface area (Å²) in [6, 6.07) is 10.00. The Kier molecular flexibility index (Phi) is 5.02. The Labute approximate surface area is 174 Å². The van der Waals surface area contributed by atoms with Gasteiger partial charge in [0.05, 0.1) is 16.5 Å². The lowest BCUT2D eigenvalue weighted by Gasteiger charge is -2.39. The predicted molar refractivity (Wildman–Crippen MR) is 113 cm³/mol. The van der Waals surface area contributed by atoms with Crippen molar-refractivity contribution in [3.05, 3.63) is 54.1 Å². The van der Waals surface area contributed by atoms with E-state index >= 15 is 0 Å². The van der Waals surface area contributed by atoms with E-state index < -0.39 is 9.84 Å². The maximum Gasteiger partial charge on any atom is 0.231 e. The molecule has 1 fully saturated rings. The topological polar surface area (TPSA) is 110 Å². The van der Waals surface area contributed by atoms with Gasteiger partial charge in [-0.05, 0) is 44.2 Å². The molecule has 1 aliphatic heterocycles. The van der Waals surface area contributed by atoms with Crippen LogP contribution in [0.1, 0.15) is 11.4 Å². The van der Waals surface area contributed by atoms with Crippen molar-refractivity contribution in [3.63, 3.8) is 0 Å². The lowest BCUT2D eigenvalue weighted by atomic mass is 9.99. The van der Waals surface area contributed by atoms with Crippen molar-refractivity contribution in [3.8, 4) is 5.82 Å². The molecule has 30 heavy (non-hydrogen) atoms. The largest absolute Gasteiger partial charge is 0.355 e. The van der Waals surface area contributed by atoms with Crippen LogP contribution in [-0.2, 0) is 14.6 Å². The summed E-state index contributed by atoms with van der Waals surface area (Å²) in [5.74, 6) is 1.15. The Balaban J connectivity index is 1.38. The molecule has 1 saturated heterocycles. The predicted octanol–water partition coefficient (Wildman–Crippen LogP) is 1.76. The van der Waals surface area contributed by atoms with Gasteiger partial charge in [0.15, 0.2) is 15.7 Å². The average Bonchev–Trinajstić information content (AvgIpc) is 2.99. The van der Waals surface area contributed by atoms with Crippen LogP contribution in [0.5, 0.6) is 0 Å². The zero-order chi connectivity index (χ0) is 21.5.